The Morgan fingerprint density at radius 2 is 1.84 bits per heavy atom. The fourth-order valence-corrected chi connectivity index (χ4v) is 2.17. The van der Waals surface area contributed by atoms with Crippen LogP contribution in [-0.2, 0) is 7.05 Å². The lowest BCUT2D eigenvalue weighted by Crippen LogP contribution is -2.06. The number of aldehydes is 1. The van der Waals surface area contributed by atoms with E-state index in [1.165, 1.54) is 18.8 Å². The van der Waals surface area contributed by atoms with Crippen LogP contribution in [0, 0.1) is 0 Å². The number of nitrogens with zero attached hydrogens (tertiary/aromatic N) is 1. The summed E-state index contributed by atoms with van der Waals surface area (Å²) in [5, 5.41) is 9.71. The van der Waals surface area contributed by atoms with Crippen LogP contribution in [0.25, 0.3) is 10.9 Å². The topological polar surface area (TPSA) is 77.8 Å². The van der Waals surface area contributed by atoms with Crippen molar-refractivity contribution in [2.75, 3.05) is 14.2 Å². The Morgan fingerprint density at radius 1 is 1.26 bits per heavy atom. The first-order valence-corrected chi connectivity index (χ1v) is 5.48. The molecule has 0 saturated heterocycles. The quantitative estimate of drug-likeness (QED) is 0.849. The van der Waals surface area contributed by atoms with Crippen molar-refractivity contribution in [3.05, 3.63) is 23.4 Å². The van der Waals surface area contributed by atoms with Crippen LogP contribution in [0.3, 0.4) is 0 Å². The average Bonchev–Trinajstić information content (AvgIpc) is 2.69. The molecule has 0 atom stereocenters. The summed E-state index contributed by atoms with van der Waals surface area (Å²) >= 11 is 0. The van der Waals surface area contributed by atoms with Crippen molar-refractivity contribution in [3.8, 4) is 11.5 Å². The normalized spacial score (nSPS) is 10.5. The molecule has 0 unspecified atom stereocenters. The fraction of sp³-hybridized carbons (Fsp3) is 0.231. The van der Waals surface area contributed by atoms with Gasteiger partial charge in [-0.2, -0.15) is 0 Å². The zero-order chi connectivity index (χ0) is 14.2. The van der Waals surface area contributed by atoms with Gasteiger partial charge in [-0.05, 0) is 6.07 Å². The van der Waals surface area contributed by atoms with Crippen molar-refractivity contribution in [2.45, 2.75) is 0 Å². The number of hydrogen-bond donors (Lipinski definition) is 1. The molecule has 1 heterocycles. The second-order valence-electron chi connectivity index (χ2n) is 3.97. The number of aromatic carboxylic acids is 1. The van der Waals surface area contributed by atoms with E-state index in [1.807, 2.05) is 0 Å². The summed E-state index contributed by atoms with van der Waals surface area (Å²) in [6, 6.07) is 3.25. The van der Waals surface area contributed by atoms with Crippen LogP contribution in [0.15, 0.2) is 12.1 Å². The first-order chi connectivity index (χ1) is 9.04. The number of fused-ring (bicyclic) bond motifs is 1. The SMILES string of the molecule is COc1cc2c(C=O)c(C(=O)O)n(C)c2cc1OC. The molecule has 2 aromatic rings. The Balaban J connectivity index is 2.92. The molecule has 0 radical (unpaired) electrons. The molecule has 0 aliphatic heterocycles. The molecule has 19 heavy (non-hydrogen) atoms. The van der Waals surface area contributed by atoms with Crippen LogP contribution >= 0.6 is 0 Å². The van der Waals surface area contributed by atoms with Gasteiger partial charge in [0.2, 0.25) is 0 Å². The standard InChI is InChI=1S/C13H13NO5/c1-14-9-5-11(19-3)10(18-2)4-7(9)8(6-15)12(14)13(16)17/h4-6H,1-3H3,(H,16,17). The van der Waals surface area contributed by atoms with Crippen molar-refractivity contribution < 1.29 is 24.2 Å². The van der Waals surface area contributed by atoms with Gasteiger partial charge >= 0.3 is 5.97 Å². The van der Waals surface area contributed by atoms with Crippen LogP contribution in [0.5, 0.6) is 11.5 Å². The van der Waals surface area contributed by atoms with Gasteiger partial charge in [-0.25, -0.2) is 4.79 Å². The number of carbonyl (C=O) groups is 2. The van der Waals surface area contributed by atoms with E-state index in [2.05, 4.69) is 0 Å². The average molecular weight is 263 g/mol. The molecule has 0 spiro atoms. The highest BCUT2D eigenvalue weighted by atomic mass is 16.5. The molecule has 0 aliphatic rings. The van der Waals surface area contributed by atoms with Crippen LogP contribution in [-0.4, -0.2) is 36.1 Å². The number of ether oxygens (including phenoxy) is 2. The molecule has 1 aromatic carbocycles. The smallest absolute Gasteiger partial charge is 0.353 e. The Hall–Kier alpha value is -2.50. The van der Waals surface area contributed by atoms with Crippen molar-refractivity contribution >= 4 is 23.2 Å². The second kappa shape index (κ2) is 4.64. The summed E-state index contributed by atoms with van der Waals surface area (Å²) < 4.78 is 11.8. The van der Waals surface area contributed by atoms with Crippen molar-refractivity contribution in [2.24, 2.45) is 7.05 Å². The number of aromatic nitrogens is 1. The fourth-order valence-electron chi connectivity index (χ4n) is 2.17. The van der Waals surface area contributed by atoms with Gasteiger partial charge < -0.3 is 19.1 Å². The van der Waals surface area contributed by atoms with Gasteiger partial charge in [0, 0.05) is 18.5 Å². The second-order valence-corrected chi connectivity index (χ2v) is 3.97. The van der Waals surface area contributed by atoms with Gasteiger partial charge in [-0.1, -0.05) is 0 Å². The summed E-state index contributed by atoms with van der Waals surface area (Å²) in [6.45, 7) is 0. The van der Waals surface area contributed by atoms with Crippen LogP contribution in [0.1, 0.15) is 20.8 Å². The van der Waals surface area contributed by atoms with E-state index in [1.54, 1.807) is 19.2 Å². The third kappa shape index (κ3) is 1.81. The monoisotopic (exact) mass is 263 g/mol. The highest BCUT2D eigenvalue weighted by Crippen LogP contribution is 2.35. The Bertz CT molecular complexity index is 671. The Labute approximate surface area is 109 Å². The number of hydrogen-bond acceptors (Lipinski definition) is 4. The zero-order valence-corrected chi connectivity index (χ0v) is 10.8. The molecule has 6 heteroatoms. The van der Waals surface area contributed by atoms with Crippen LogP contribution in [0.4, 0.5) is 0 Å². The zero-order valence-electron chi connectivity index (χ0n) is 10.8. The molecular formula is C13H13NO5. The highest BCUT2D eigenvalue weighted by Gasteiger charge is 2.22. The van der Waals surface area contributed by atoms with Gasteiger partial charge in [0.15, 0.2) is 17.8 Å². The molecule has 0 aliphatic carbocycles. The van der Waals surface area contributed by atoms with Gasteiger partial charge in [-0.3, -0.25) is 4.79 Å². The lowest BCUT2D eigenvalue weighted by molar-refractivity contribution is 0.0684. The first kappa shape index (κ1) is 12.9. The van der Waals surface area contributed by atoms with Crippen molar-refractivity contribution in [1.82, 2.24) is 4.57 Å². The molecule has 0 amide bonds. The highest BCUT2D eigenvalue weighted by molar-refractivity contribution is 6.08. The van der Waals surface area contributed by atoms with E-state index in [0.717, 1.165) is 0 Å². The van der Waals surface area contributed by atoms with E-state index in [-0.39, 0.29) is 11.3 Å². The Morgan fingerprint density at radius 3 is 2.32 bits per heavy atom. The third-order valence-electron chi connectivity index (χ3n) is 3.06. The first-order valence-electron chi connectivity index (χ1n) is 5.48. The minimum absolute atomic E-state index is 0.0553. The lowest BCUT2D eigenvalue weighted by Gasteiger charge is -2.08. The van der Waals surface area contributed by atoms with Gasteiger partial charge in [0.05, 0.1) is 25.3 Å². The van der Waals surface area contributed by atoms with Gasteiger partial charge in [-0.15, -0.1) is 0 Å². The maximum atomic E-state index is 11.2. The molecule has 1 N–H and O–H groups in total. The van der Waals surface area contributed by atoms with E-state index in [9.17, 15) is 14.7 Å². The van der Waals surface area contributed by atoms with Gasteiger partial charge in [0.25, 0.3) is 0 Å². The summed E-state index contributed by atoms with van der Waals surface area (Å²) in [6.07, 6.45) is 0.539. The van der Waals surface area contributed by atoms with Crippen LogP contribution < -0.4 is 9.47 Å². The Kier molecular flexibility index (Phi) is 3.16. The number of carboxylic acid groups (broad SMARTS) is 1. The van der Waals surface area contributed by atoms with E-state index in [0.29, 0.717) is 28.7 Å². The summed E-state index contributed by atoms with van der Waals surface area (Å²) in [7, 11) is 4.56. The van der Waals surface area contributed by atoms with Crippen molar-refractivity contribution in [3.63, 3.8) is 0 Å². The molecule has 0 saturated carbocycles. The number of carboxylic acids is 1. The molecule has 6 nitrogen and oxygen atoms in total. The molecule has 0 bridgehead atoms. The van der Waals surface area contributed by atoms with E-state index >= 15 is 0 Å². The maximum Gasteiger partial charge on any atom is 0.353 e. The summed E-state index contributed by atoms with van der Waals surface area (Å²) in [5.41, 5.74) is 0.670. The molecule has 1 aromatic heterocycles. The lowest BCUT2D eigenvalue weighted by atomic mass is 10.1. The number of rotatable bonds is 4. The van der Waals surface area contributed by atoms with E-state index < -0.39 is 5.97 Å². The third-order valence-corrected chi connectivity index (χ3v) is 3.06. The molecule has 0 fully saturated rings. The predicted octanol–water partition coefficient (Wildman–Crippen LogP) is 1.71. The van der Waals surface area contributed by atoms with E-state index in [4.69, 9.17) is 9.47 Å². The molecular weight excluding hydrogens is 250 g/mol. The predicted molar refractivity (Wildman–Crippen MR) is 68.4 cm³/mol. The van der Waals surface area contributed by atoms with Crippen LogP contribution in [0.2, 0.25) is 0 Å². The van der Waals surface area contributed by atoms with Gasteiger partial charge in [0.1, 0.15) is 5.69 Å². The molecule has 100 valence electrons. The minimum Gasteiger partial charge on any atom is -0.493 e. The largest absolute Gasteiger partial charge is 0.493 e. The summed E-state index contributed by atoms with van der Waals surface area (Å²) in [4.78, 5) is 22.4. The number of carbonyl (C=O) groups excluding carboxylic acids is 1. The number of methoxy groups -OCH3 is 2. The number of aryl methyl sites for hydroxylation is 1. The molecule has 2 rings (SSSR count). The summed E-state index contributed by atoms with van der Waals surface area (Å²) in [5.74, 6) is -0.232. The van der Waals surface area contributed by atoms with Crippen molar-refractivity contribution in [1.29, 1.82) is 0 Å². The number of benzene rings is 1. The minimum atomic E-state index is -1.15. The maximum absolute atomic E-state index is 11.2.